The molecule has 1 aliphatic carbocycles. The molecule has 1 saturated heterocycles. The fourth-order valence-corrected chi connectivity index (χ4v) is 4.29. The molecule has 0 bridgehead atoms. The van der Waals surface area contributed by atoms with Gasteiger partial charge in [0.1, 0.15) is 0 Å². The molecule has 1 aromatic carbocycles. The Morgan fingerprint density at radius 1 is 1.19 bits per heavy atom. The normalized spacial score (nSPS) is 18.2. The van der Waals surface area contributed by atoms with Crippen LogP contribution >= 0.6 is 0 Å². The van der Waals surface area contributed by atoms with Crippen molar-refractivity contribution in [2.45, 2.75) is 30.7 Å². The zero-order chi connectivity index (χ0) is 19.8. The van der Waals surface area contributed by atoms with Gasteiger partial charge in [0.25, 0.3) is 5.69 Å². The largest absolute Gasteiger partial charge is 0.345 e. The number of nitrogens with one attached hydrogen (secondary N) is 1. The molecule has 0 aromatic heterocycles. The van der Waals surface area contributed by atoms with Gasteiger partial charge in [0.15, 0.2) is 0 Å². The van der Waals surface area contributed by atoms with Crippen molar-refractivity contribution < 1.29 is 22.9 Å². The van der Waals surface area contributed by atoms with E-state index in [0.29, 0.717) is 5.56 Å². The maximum Gasteiger partial charge on any atom is 0.311 e. The highest BCUT2D eigenvalue weighted by atomic mass is 32.2. The van der Waals surface area contributed by atoms with Crippen LogP contribution in [0.15, 0.2) is 23.1 Å². The molecule has 0 atom stereocenters. The van der Waals surface area contributed by atoms with Crippen LogP contribution in [0.5, 0.6) is 0 Å². The van der Waals surface area contributed by atoms with Crippen molar-refractivity contribution in [1.29, 1.82) is 0 Å². The number of aryl methyl sites for hydroxylation is 1. The molecule has 27 heavy (non-hydrogen) atoms. The second-order valence-electron chi connectivity index (χ2n) is 6.65. The van der Waals surface area contributed by atoms with Crippen LogP contribution in [0.4, 0.5) is 5.69 Å². The van der Waals surface area contributed by atoms with E-state index >= 15 is 0 Å². The number of nitrogens with zero attached hydrogens (tertiary/aromatic N) is 3. The topological polar surface area (TPSA) is 130 Å². The zero-order valence-corrected chi connectivity index (χ0v) is 15.6. The van der Waals surface area contributed by atoms with E-state index in [1.165, 1.54) is 28.3 Å². The van der Waals surface area contributed by atoms with E-state index in [1.807, 2.05) is 0 Å². The highest BCUT2D eigenvalue weighted by Gasteiger charge is 2.34. The first-order chi connectivity index (χ1) is 12.7. The average Bonchev–Trinajstić information content (AvgIpc) is 3.45. The number of hydrogen-bond acceptors (Lipinski definition) is 6. The Bertz CT molecular complexity index is 888. The van der Waals surface area contributed by atoms with E-state index in [2.05, 4.69) is 5.32 Å². The predicted octanol–water partition coefficient (Wildman–Crippen LogP) is 0.0147. The lowest BCUT2D eigenvalue weighted by atomic mass is 10.2. The summed E-state index contributed by atoms with van der Waals surface area (Å²) in [6.07, 6.45) is 1.74. The Labute approximate surface area is 156 Å². The Balaban J connectivity index is 1.67. The Kier molecular flexibility index (Phi) is 5.16. The fraction of sp³-hybridized carbons (Fsp3) is 0.500. The molecule has 146 valence electrons. The maximum atomic E-state index is 12.8. The molecular weight excluding hydrogens is 376 g/mol. The molecule has 2 aliphatic rings. The number of nitro groups is 1. The summed E-state index contributed by atoms with van der Waals surface area (Å²) in [5.74, 6) is -1.33. The van der Waals surface area contributed by atoms with Gasteiger partial charge >= 0.3 is 11.8 Å². The molecular formula is C16H20N4O6S. The molecule has 1 saturated carbocycles. The first-order valence-corrected chi connectivity index (χ1v) is 9.99. The Hall–Kier alpha value is -2.53. The molecule has 0 unspecified atom stereocenters. The smallest absolute Gasteiger partial charge is 0.311 e. The molecule has 1 heterocycles. The van der Waals surface area contributed by atoms with E-state index in [1.54, 1.807) is 0 Å². The monoisotopic (exact) mass is 396 g/mol. The van der Waals surface area contributed by atoms with Crippen LogP contribution in [0.2, 0.25) is 0 Å². The fourth-order valence-electron chi connectivity index (χ4n) is 2.85. The molecule has 10 nitrogen and oxygen atoms in total. The number of hydrogen-bond donors (Lipinski definition) is 1. The summed E-state index contributed by atoms with van der Waals surface area (Å²) in [6.45, 7) is 1.75. The number of sulfonamides is 1. The number of piperazine rings is 1. The SMILES string of the molecule is Cc1ccc(S(=O)(=O)N2CCN(C(=O)C(=O)NC3CC3)CC2)cc1[N+](=O)[O-]. The van der Waals surface area contributed by atoms with Crippen molar-refractivity contribution in [3.63, 3.8) is 0 Å². The minimum atomic E-state index is -3.92. The molecule has 1 aromatic rings. The molecule has 1 aliphatic heterocycles. The number of carbonyl (C=O) groups excluding carboxylic acids is 2. The average molecular weight is 396 g/mol. The molecule has 1 N–H and O–H groups in total. The van der Waals surface area contributed by atoms with Crippen molar-refractivity contribution in [1.82, 2.24) is 14.5 Å². The zero-order valence-electron chi connectivity index (χ0n) is 14.8. The molecule has 3 rings (SSSR count). The third-order valence-corrected chi connectivity index (χ3v) is 6.54. The minimum Gasteiger partial charge on any atom is -0.345 e. The van der Waals surface area contributed by atoms with Crippen molar-refractivity contribution >= 4 is 27.5 Å². The lowest BCUT2D eigenvalue weighted by Crippen LogP contribution is -2.53. The lowest BCUT2D eigenvalue weighted by Gasteiger charge is -2.33. The summed E-state index contributed by atoms with van der Waals surface area (Å²) >= 11 is 0. The standard InChI is InChI=1S/C16H20N4O6S/c1-11-2-5-13(10-14(11)20(23)24)27(25,26)19-8-6-18(7-9-19)16(22)15(21)17-12-3-4-12/h2,5,10,12H,3-4,6-9H2,1H3,(H,17,21). The van der Waals surface area contributed by atoms with Gasteiger partial charge in [-0.2, -0.15) is 4.31 Å². The van der Waals surface area contributed by atoms with Gasteiger partial charge in [0.2, 0.25) is 10.0 Å². The van der Waals surface area contributed by atoms with E-state index in [4.69, 9.17) is 0 Å². The Morgan fingerprint density at radius 2 is 1.81 bits per heavy atom. The molecule has 2 fully saturated rings. The van der Waals surface area contributed by atoms with Gasteiger partial charge in [-0.1, -0.05) is 6.07 Å². The summed E-state index contributed by atoms with van der Waals surface area (Å²) < 4.78 is 26.7. The number of benzene rings is 1. The molecule has 0 radical (unpaired) electrons. The van der Waals surface area contributed by atoms with Crippen LogP contribution in [0, 0.1) is 17.0 Å². The van der Waals surface area contributed by atoms with Crippen molar-refractivity contribution in [2.24, 2.45) is 0 Å². The molecule has 0 spiro atoms. The van der Waals surface area contributed by atoms with Crippen LogP contribution in [0.3, 0.4) is 0 Å². The van der Waals surface area contributed by atoms with Crippen LogP contribution in [-0.4, -0.2) is 66.6 Å². The van der Waals surface area contributed by atoms with Gasteiger partial charge in [0.05, 0.1) is 9.82 Å². The van der Waals surface area contributed by atoms with E-state index < -0.39 is 26.8 Å². The third-order valence-electron chi connectivity index (χ3n) is 4.65. The summed E-state index contributed by atoms with van der Waals surface area (Å²) in [6, 6.07) is 3.84. The first-order valence-electron chi connectivity index (χ1n) is 8.55. The quantitative estimate of drug-likeness (QED) is 0.434. The number of nitro benzene ring substituents is 1. The second kappa shape index (κ2) is 7.24. The van der Waals surface area contributed by atoms with Crippen molar-refractivity contribution in [3.05, 3.63) is 33.9 Å². The van der Waals surface area contributed by atoms with Gasteiger partial charge in [-0.3, -0.25) is 19.7 Å². The van der Waals surface area contributed by atoms with E-state index in [0.717, 1.165) is 18.9 Å². The third kappa shape index (κ3) is 4.08. The maximum absolute atomic E-state index is 12.8. The number of rotatable bonds is 4. The minimum absolute atomic E-state index is 0.0203. The highest BCUT2D eigenvalue weighted by Crippen LogP contribution is 2.25. The molecule has 2 amide bonds. The summed E-state index contributed by atoms with van der Waals surface area (Å²) in [4.78, 5) is 35.5. The lowest BCUT2D eigenvalue weighted by molar-refractivity contribution is -0.385. The summed E-state index contributed by atoms with van der Waals surface area (Å²) in [7, 11) is -3.92. The first kappa shape index (κ1) is 19.2. The summed E-state index contributed by atoms with van der Waals surface area (Å²) in [5.41, 5.74) is 0.109. The predicted molar refractivity (Wildman–Crippen MR) is 94.3 cm³/mol. The van der Waals surface area contributed by atoms with E-state index in [9.17, 15) is 28.1 Å². The molecule has 11 heteroatoms. The highest BCUT2D eigenvalue weighted by molar-refractivity contribution is 7.89. The van der Waals surface area contributed by atoms with Crippen LogP contribution in [-0.2, 0) is 19.6 Å². The van der Waals surface area contributed by atoms with Crippen molar-refractivity contribution in [2.75, 3.05) is 26.2 Å². The van der Waals surface area contributed by atoms with Gasteiger partial charge in [-0.25, -0.2) is 8.42 Å². The van der Waals surface area contributed by atoms with Gasteiger partial charge in [0, 0.05) is 43.9 Å². The van der Waals surface area contributed by atoms with Gasteiger partial charge < -0.3 is 10.2 Å². The summed E-state index contributed by atoms with van der Waals surface area (Å²) in [5, 5.41) is 13.7. The van der Waals surface area contributed by atoms with E-state index in [-0.39, 0.29) is 42.8 Å². The Morgan fingerprint density at radius 3 is 2.37 bits per heavy atom. The van der Waals surface area contributed by atoms with Crippen molar-refractivity contribution in [3.8, 4) is 0 Å². The van der Waals surface area contributed by atoms with Gasteiger partial charge in [-0.05, 0) is 25.8 Å². The van der Waals surface area contributed by atoms with Crippen LogP contribution in [0.25, 0.3) is 0 Å². The van der Waals surface area contributed by atoms with Gasteiger partial charge in [-0.15, -0.1) is 0 Å². The van der Waals surface area contributed by atoms with Crippen LogP contribution in [0.1, 0.15) is 18.4 Å². The van der Waals surface area contributed by atoms with Crippen LogP contribution < -0.4 is 5.32 Å². The number of carbonyl (C=O) groups is 2. The second-order valence-corrected chi connectivity index (χ2v) is 8.59. The number of amides is 2.